The van der Waals surface area contributed by atoms with Crippen LogP contribution in [0.15, 0.2) is 24.4 Å². The second-order valence-corrected chi connectivity index (χ2v) is 4.28. The minimum Gasteiger partial charge on any atom is -0.398 e. The molecule has 0 radical (unpaired) electrons. The maximum absolute atomic E-state index is 12.1. The average Bonchev–Trinajstić information content (AvgIpc) is 2.61. The largest absolute Gasteiger partial charge is 0.398 e. The molecule has 1 aromatic carbocycles. The molecule has 1 aromatic heterocycles. The maximum Gasteiger partial charge on any atom is 0.256 e. The molecule has 2 rings (SSSR count). The SMILES string of the molecule is Cc1nn(C)cc1NC(=O)c1cccc(N)c1C. The molecule has 5 heteroatoms. The molecule has 0 unspecified atom stereocenters. The van der Waals surface area contributed by atoms with Gasteiger partial charge in [-0.15, -0.1) is 0 Å². The van der Waals surface area contributed by atoms with Crippen molar-refractivity contribution >= 4 is 17.3 Å². The summed E-state index contributed by atoms with van der Waals surface area (Å²) in [5.74, 6) is -0.170. The molecule has 0 fully saturated rings. The summed E-state index contributed by atoms with van der Waals surface area (Å²) in [7, 11) is 1.81. The Morgan fingerprint density at radius 2 is 2.11 bits per heavy atom. The minimum absolute atomic E-state index is 0.170. The lowest BCUT2D eigenvalue weighted by molar-refractivity contribution is 0.102. The van der Waals surface area contributed by atoms with Gasteiger partial charge < -0.3 is 11.1 Å². The third kappa shape index (κ3) is 2.20. The fourth-order valence-electron chi connectivity index (χ4n) is 1.81. The van der Waals surface area contributed by atoms with Gasteiger partial charge in [0.25, 0.3) is 5.91 Å². The lowest BCUT2D eigenvalue weighted by atomic mass is 10.1. The van der Waals surface area contributed by atoms with Crippen LogP contribution in [-0.2, 0) is 7.05 Å². The third-order valence-electron chi connectivity index (χ3n) is 2.88. The van der Waals surface area contributed by atoms with Gasteiger partial charge in [0.05, 0.1) is 11.4 Å². The number of carbonyl (C=O) groups excluding carboxylic acids is 1. The number of anilines is 2. The van der Waals surface area contributed by atoms with E-state index < -0.39 is 0 Å². The summed E-state index contributed by atoms with van der Waals surface area (Å²) in [6.45, 7) is 3.68. The first kappa shape index (κ1) is 12.2. The number of rotatable bonds is 2. The Kier molecular flexibility index (Phi) is 3.06. The molecule has 0 aliphatic rings. The van der Waals surface area contributed by atoms with Gasteiger partial charge in [-0.3, -0.25) is 9.48 Å². The molecule has 5 nitrogen and oxygen atoms in total. The number of hydrogen-bond acceptors (Lipinski definition) is 3. The summed E-state index contributed by atoms with van der Waals surface area (Å²) >= 11 is 0. The standard InChI is InChI=1S/C13H16N4O/c1-8-10(5-4-6-11(8)14)13(18)15-12-7-17(3)16-9(12)2/h4-7H,14H2,1-3H3,(H,15,18). The van der Waals surface area contributed by atoms with Crippen molar-refractivity contribution in [3.8, 4) is 0 Å². The van der Waals surface area contributed by atoms with Crippen LogP contribution in [0.2, 0.25) is 0 Å². The van der Waals surface area contributed by atoms with Crippen LogP contribution in [0.4, 0.5) is 11.4 Å². The smallest absolute Gasteiger partial charge is 0.256 e. The quantitative estimate of drug-likeness (QED) is 0.792. The van der Waals surface area contributed by atoms with Crippen molar-refractivity contribution in [1.29, 1.82) is 0 Å². The molecule has 1 amide bonds. The van der Waals surface area contributed by atoms with Crippen molar-refractivity contribution < 1.29 is 4.79 Å². The van der Waals surface area contributed by atoms with Crippen LogP contribution in [0.1, 0.15) is 21.6 Å². The number of nitrogens with zero attached hydrogens (tertiary/aromatic N) is 2. The van der Waals surface area contributed by atoms with Gasteiger partial charge in [0.15, 0.2) is 0 Å². The fraction of sp³-hybridized carbons (Fsp3) is 0.231. The van der Waals surface area contributed by atoms with E-state index in [4.69, 9.17) is 5.73 Å². The van der Waals surface area contributed by atoms with Crippen LogP contribution in [0.25, 0.3) is 0 Å². The van der Waals surface area contributed by atoms with Gasteiger partial charge in [0.1, 0.15) is 0 Å². The third-order valence-corrected chi connectivity index (χ3v) is 2.88. The zero-order valence-electron chi connectivity index (χ0n) is 10.7. The number of nitrogens with one attached hydrogen (secondary N) is 1. The molecule has 1 heterocycles. The lowest BCUT2D eigenvalue weighted by Crippen LogP contribution is -2.14. The Hall–Kier alpha value is -2.30. The van der Waals surface area contributed by atoms with Crippen LogP contribution in [0.5, 0.6) is 0 Å². The van der Waals surface area contributed by atoms with Crippen LogP contribution in [0, 0.1) is 13.8 Å². The molecular weight excluding hydrogens is 228 g/mol. The molecule has 0 saturated carbocycles. The maximum atomic E-state index is 12.1. The van der Waals surface area contributed by atoms with Gasteiger partial charge in [0.2, 0.25) is 0 Å². The van der Waals surface area contributed by atoms with Crippen molar-refractivity contribution in [1.82, 2.24) is 9.78 Å². The fourth-order valence-corrected chi connectivity index (χ4v) is 1.81. The van der Waals surface area contributed by atoms with Crippen LogP contribution in [-0.4, -0.2) is 15.7 Å². The molecular formula is C13H16N4O. The number of aromatic nitrogens is 2. The van der Waals surface area contributed by atoms with Gasteiger partial charge in [-0.1, -0.05) is 6.07 Å². The van der Waals surface area contributed by atoms with Crippen molar-refractivity contribution in [2.24, 2.45) is 7.05 Å². The molecule has 0 spiro atoms. The highest BCUT2D eigenvalue weighted by Gasteiger charge is 2.13. The normalized spacial score (nSPS) is 10.4. The zero-order chi connectivity index (χ0) is 13.3. The Labute approximate surface area is 106 Å². The second kappa shape index (κ2) is 4.52. The Morgan fingerprint density at radius 1 is 1.39 bits per heavy atom. The van der Waals surface area contributed by atoms with E-state index in [1.165, 1.54) is 0 Å². The van der Waals surface area contributed by atoms with Crippen molar-refractivity contribution in [2.45, 2.75) is 13.8 Å². The topological polar surface area (TPSA) is 72.9 Å². The molecule has 0 saturated heterocycles. The van der Waals surface area contributed by atoms with E-state index in [1.807, 2.05) is 20.9 Å². The molecule has 94 valence electrons. The number of nitrogens with two attached hydrogens (primary N) is 1. The zero-order valence-corrected chi connectivity index (χ0v) is 10.7. The number of hydrogen-bond donors (Lipinski definition) is 2. The molecule has 0 aliphatic carbocycles. The van der Waals surface area contributed by atoms with Gasteiger partial charge in [-0.25, -0.2) is 0 Å². The summed E-state index contributed by atoms with van der Waals surface area (Å²) in [6.07, 6.45) is 1.77. The molecule has 0 aliphatic heterocycles. The first-order chi connectivity index (χ1) is 8.49. The summed E-state index contributed by atoms with van der Waals surface area (Å²) in [4.78, 5) is 12.1. The first-order valence-electron chi connectivity index (χ1n) is 5.65. The number of carbonyl (C=O) groups is 1. The Balaban J connectivity index is 2.27. The summed E-state index contributed by atoms with van der Waals surface area (Å²) in [6, 6.07) is 5.31. The number of benzene rings is 1. The average molecular weight is 244 g/mol. The van der Waals surface area contributed by atoms with Gasteiger partial charge >= 0.3 is 0 Å². The summed E-state index contributed by atoms with van der Waals surface area (Å²) < 4.78 is 1.66. The molecule has 18 heavy (non-hydrogen) atoms. The predicted molar refractivity (Wildman–Crippen MR) is 71.5 cm³/mol. The van der Waals surface area contributed by atoms with E-state index in [9.17, 15) is 4.79 Å². The second-order valence-electron chi connectivity index (χ2n) is 4.28. The van der Waals surface area contributed by atoms with Gasteiger partial charge in [-0.2, -0.15) is 5.10 Å². The number of amides is 1. The Bertz CT molecular complexity index is 601. The van der Waals surface area contributed by atoms with E-state index in [2.05, 4.69) is 10.4 Å². The summed E-state index contributed by atoms with van der Waals surface area (Å²) in [5, 5.41) is 7.01. The molecule has 2 aromatic rings. The lowest BCUT2D eigenvalue weighted by Gasteiger charge is -2.08. The Morgan fingerprint density at radius 3 is 2.72 bits per heavy atom. The first-order valence-corrected chi connectivity index (χ1v) is 5.65. The monoisotopic (exact) mass is 244 g/mol. The van der Waals surface area contributed by atoms with E-state index in [1.54, 1.807) is 29.1 Å². The van der Waals surface area contributed by atoms with E-state index in [-0.39, 0.29) is 5.91 Å². The van der Waals surface area contributed by atoms with Crippen molar-refractivity contribution in [3.05, 3.63) is 41.2 Å². The van der Waals surface area contributed by atoms with E-state index >= 15 is 0 Å². The molecule has 0 atom stereocenters. The molecule has 3 N–H and O–H groups in total. The van der Waals surface area contributed by atoms with Crippen molar-refractivity contribution in [2.75, 3.05) is 11.1 Å². The van der Waals surface area contributed by atoms with Crippen LogP contribution >= 0.6 is 0 Å². The van der Waals surface area contributed by atoms with Gasteiger partial charge in [-0.05, 0) is 31.5 Å². The molecule has 0 bridgehead atoms. The minimum atomic E-state index is -0.170. The van der Waals surface area contributed by atoms with Crippen LogP contribution in [0.3, 0.4) is 0 Å². The number of aryl methyl sites for hydroxylation is 2. The van der Waals surface area contributed by atoms with Gasteiger partial charge in [0, 0.05) is 24.5 Å². The highest BCUT2D eigenvalue weighted by Crippen LogP contribution is 2.18. The van der Waals surface area contributed by atoms with E-state index in [0.717, 1.165) is 11.3 Å². The number of nitrogen functional groups attached to an aromatic ring is 1. The van der Waals surface area contributed by atoms with Crippen molar-refractivity contribution in [3.63, 3.8) is 0 Å². The van der Waals surface area contributed by atoms with E-state index in [0.29, 0.717) is 16.9 Å². The highest BCUT2D eigenvalue weighted by molar-refractivity contribution is 6.06. The highest BCUT2D eigenvalue weighted by atomic mass is 16.1. The van der Waals surface area contributed by atoms with Crippen LogP contribution < -0.4 is 11.1 Å². The summed E-state index contributed by atoms with van der Waals surface area (Å²) in [5.41, 5.74) is 9.27. The predicted octanol–water partition coefficient (Wildman–Crippen LogP) is 1.87.